The van der Waals surface area contributed by atoms with Gasteiger partial charge in [-0.25, -0.2) is 8.78 Å². The third-order valence-corrected chi connectivity index (χ3v) is 1.92. The van der Waals surface area contributed by atoms with Crippen molar-refractivity contribution >= 4 is 11.5 Å². The van der Waals surface area contributed by atoms with Crippen molar-refractivity contribution < 1.29 is 14.0 Å². The maximum Gasteiger partial charge on any atom is 0.141 e. The molecule has 0 radical (unpaired) electrons. The Morgan fingerprint density at radius 1 is 1.44 bits per heavy atom. The van der Waals surface area contributed by atoms with Crippen LogP contribution in [0.1, 0.15) is 13.3 Å². The summed E-state index contributed by atoms with van der Waals surface area (Å²) in [6.45, 7) is 1.75. The first-order valence-corrected chi connectivity index (χ1v) is 4.70. The summed E-state index contributed by atoms with van der Waals surface area (Å²) in [6, 6.07) is 2.94. The highest BCUT2D eigenvalue weighted by atomic mass is 19.1. The van der Waals surface area contributed by atoms with E-state index in [1.54, 1.807) is 6.92 Å². The minimum absolute atomic E-state index is 0.0527. The SMILES string of the molecule is CC(CC(N)=NO)Nc1cc(F)cc(F)c1. The van der Waals surface area contributed by atoms with Gasteiger partial charge in [-0.3, -0.25) is 0 Å². The topological polar surface area (TPSA) is 70.6 Å². The summed E-state index contributed by atoms with van der Waals surface area (Å²) in [5.41, 5.74) is 5.61. The van der Waals surface area contributed by atoms with Crippen LogP contribution in [-0.2, 0) is 0 Å². The zero-order valence-electron chi connectivity index (χ0n) is 8.74. The van der Waals surface area contributed by atoms with Crippen molar-refractivity contribution in [3.63, 3.8) is 0 Å². The van der Waals surface area contributed by atoms with E-state index in [0.29, 0.717) is 5.69 Å². The lowest BCUT2D eigenvalue weighted by Gasteiger charge is -2.14. The van der Waals surface area contributed by atoms with Gasteiger partial charge in [0.15, 0.2) is 0 Å². The minimum Gasteiger partial charge on any atom is -0.409 e. The van der Waals surface area contributed by atoms with Crippen LogP contribution in [0.15, 0.2) is 23.4 Å². The van der Waals surface area contributed by atoms with E-state index in [0.717, 1.165) is 6.07 Å². The number of nitrogens with one attached hydrogen (secondary N) is 1. The predicted octanol–water partition coefficient (Wildman–Crippen LogP) is 1.90. The van der Waals surface area contributed by atoms with E-state index in [2.05, 4.69) is 10.5 Å². The second-order valence-electron chi connectivity index (χ2n) is 3.50. The molecule has 0 bridgehead atoms. The first kappa shape index (κ1) is 12.2. The number of rotatable bonds is 4. The number of hydrogen-bond donors (Lipinski definition) is 3. The van der Waals surface area contributed by atoms with E-state index in [1.807, 2.05) is 0 Å². The van der Waals surface area contributed by atoms with E-state index in [9.17, 15) is 8.78 Å². The largest absolute Gasteiger partial charge is 0.409 e. The Kier molecular flexibility index (Phi) is 4.04. The van der Waals surface area contributed by atoms with Gasteiger partial charge in [-0.2, -0.15) is 0 Å². The molecule has 4 N–H and O–H groups in total. The molecule has 0 saturated carbocycles. The molecule has 0 aromatic heterocycles. The Hall–Kier alpha value is -1.85. The van der Waals surface area contributed by atoms with E-state index in [1.165, 1.54) is 12.1 Å². The fraction of sp³-hybridized carbons (Fsp3) is 0.300. The van der Waals surface area contributed by atoms with E-state index in [4.69, 9.17) is 10.9 Å². The molecule has 6 heteroatoms. The van der Waals surface area contributed by atoms with Crippen molar-refractivity contribution in [1.29, 1.82) is 0 Å². The summed E-state index contributed by atoms with van der Waals surface area (Å²) in [5, 5.41) is 14.0. The van der Waals surface area contributed by atoms with Crippen LogP contribution in [0.3, 0.4) is 0 Å². The number of amidine groups is 1. The number of nitrogens with zero attached hydrogens (tertiary/aromatic N) is 1. The Labute approximate surface area is 91.8 Å². The number of hydrogen-bond acceptors (Lipinski definition) is 3. The van der Waals surface area contributed by atoms with Gasteiger partial charge in [0.25, 0.3) is 0 Å². The number of oxime groups is 1. The summed E-state index contributed by atoms with van der Waals surface area (Å²) >= 11 is 0. The zero-order chi connectivity index (χ0) is 12.1. The van der Waals surface area contributed by atoms with E-state index in [-0.39, 0.29) is 18.3 Å². The molecule has 0 heterocycles. The van der Waals surface area contributed by atoms with Crippen LogP contribution in [0.25, 0.3) is 0 Å². The van der Waals surface area contributed by atoms with Crippen molar-refractivity contribution in [1.82, 2.24) is 0 Å². The van der Waals surface area contributed by atoms with Crippen LogP contribution in [0, 0.1) is 11.6 Å². The Morgan fingerprint density at radius 2 is 2.00 bits per heavy atom. The van der Waals surface area contributed by atoms with Crippen molar-refractivity contribution in [3.05, 3.63) is 29.8 Å². The molecule has 1 rings (SSSR count). The summed E-state index contributed by atoms with van der Waals surface area (Å²) in [5.74, 6) is -1.26. The summed E-state index contributed by atoms with van der Waals surface area (Å²) in [7, 11) is 0. The molecule has 0 aliphatic carbocycles. The smallest absolute Gasteiger partial charge is 0.141 e. The van der Waals surface area contributed by atoms with Gasteiger partial charge in [0.1, 0.15) is 17.5 Å². The second kappa shape index (κ2) is 5.29. The summed E-state index contributed by atoms with van der Waals surface area (Å²) in [4.78, 5) is 0. The van der Waals surface area contributed by atoms with E-state index >= 15 is 0 Å². The van der Waals surface area contributed by atoms with Gasteiger partial charge in [-0.05, 0) is 19.1 Å². The van der Waals surface area contributed by atoms with Gasteiger partial charge >= 0.3 is 0 Å². The summed E-state index contributed by atoms with van der Waals surface area (Å²) in [6.07, 6.45) is 0.272. The fourth-order valence-corrected chi connectivity index (χ4v) is 1.33. The highest BCUT2D eigenvalue weighted by Crippen LogP contribution is 2.14. The molecule has 1 aromatic carbocycles. The predicted molar refractivity (Wildman–Crippen MR) is 57.5 cm³/mol. The van der Waals surface area contributed by atoms with Crippen molar-refractivity contribution in [2.24, 2.45) is 10.9 Å². The van der Waals surface area contributed by atoms with Crippen molar-refractivity contribution in [2.75, 3.05) is 5.32 Å². The van der Waals surface area contributed by atoms with Crippen LogP contribution in [0.2, 0.25) is 0 Å². The van der Waals surface area contributed by atoms with Gasteiger partial charge in [0.05, 0.1) is 0 Å². The molecular weight excluding hydrogens is 216 g/mol. The van der Waals surface area contributed by atoms with Crippen LogP contribution >= 0.6 is 0 Å². The van der Waals surface area contributed by atoms with Crippen LogP contribution in [0.4, 0.5) is 14.5 Å². The second-order valence-corrected chi connectivity index (χ2v) is 3.50. The molecule has 0 aliphatic heterocycles. The first-order chi connectivity index (χ1) is 7.51. The van der Waals surface area contributed by atoms with Crippen LogP contribution in [-0.4, -0.2) is 17.1 Å². The minimum atomic E-state index is -0.654. The highest BCUT2D eigenvalue weighted by Gasteiger charge is 2.07. The molecular formula is C10H13F2N3O. The third kappa shape index (κ3) is 3.72. The highest BCUT2D eigenvalue weighted by molar-refractivity contribution is 5.80. The molecule has 4 nitrogen and oxygen atoms in total. The fourth-order valence-electron chi connectivity index (χ4n) is 1.33. The first-order valence-electron chi connectivity index (χ1n) is 4.70. The maximum absolute atomic E-state index is 12.8. The average Bonchev–Trinajstić information content (AvgIpc) is 2.15. The lowest BCUT2D eigenvalue weighted by atomic mass is 10.2. The number of halogens is 2. The molecule has 0 amide bonds. The molecule has 0 fully saturated rings. The van der Waals surface area contributed by atoms with E-state index < -0.39 is 11.6 Å². The third-order valence-electron chi connectivity index (χ3n) is 1.92. The standard InChI is InChI=1S/C10H13F2N3O/c1-6(2-10(13)15-16)14-9-4-7(11)3-8(12)5-9/h3-6,14,16H,2H2,1H3,(H2,13,15). The average molecular weight is 229 g/mol. The molecule has 1 aromatic rings. The number of nitrogens with two attached hydrogens (primary N) is 1. The number of anilines is 1. The van der Waals surface area contributed by atoms with Crippen LogP contribution < -0.4 is 11.1 Å². The maximum atomic E-state index is 12.8. The monoisotopic (exact) mass is 229 g/mol. The van der Waals surface area contributed by atoms with Gasteiger partial charge in [-0.15, -0.1) is 0 Å². The van der Waals surface area contributed by atoms with Gasteiger partial charge in [0.2, 0.25) is 0 Å². The molecule has 16 heavy (non-hydrogen) atoms. The van der Waals surface area contributed by atoms with Crippen LogP contribution in [0.5, 0.6) is 0 Å². The Balaban J connectivity index is 2.65. The quantitative estimate of drug-likeness (QED) is 0.319. The molecule has 1 atom stereocenters. The van der Waals surface area contributed by atoms with Crippen molar-refractivity contribution in [3.8, 4) is 0 Å². The molecule has 88 valence electrons. The summed E-state index contributed by atoms with van der Waals surface area (Å²) < 4.78 is 25.7. The number of benzene rings is 1. The van der Waals surface area contributed by atoms with Gasteiger partial charge in [0, 0.05) is 24.2 Å². The zero-order valence-corrected chi connectivity index (χ0v) is 8.74. The molecule has 0 spiro atoms. The van der Waals surface area contributed by atoms with Gasteiger partial charge < -0.3 is 16.3 Å². The normalized spacial score (nSPS) is 13.6. The lowest BCUT2D eigenvalue weighted by molar-refractivity contribution is 0.316. The van der Waals surface area contributed by atoms with Crippen molar-refractivity contribution in [2.45, 2.75) is 19.4 Å². The Morgan fingerprint density at radius 3 is 2.50 bits per heavy atom. The van der Waals surface area contributed by atoms with Gasteiger partial charge in [-0.1, -0.05) is 5.16 Å². The Bertz CT molecular complexity index is 375. The molecule has 1 unspecified atom stereocenters. The molecule has 0 aliphatic rings. The lowest BCUT2D eigenvalue weighted by Crippen LogP contribution is -2.24. The molecule has 0 saturated heterocycles.